The lowest BCUT2D eigenvalue weighted by molar-refractivity contribution is 0.469. The van der Waals surface area contributed by atoms with Crippen LogP contribution in [-0.4, -0.2) is 19.8 Å². The van der Waals surface area contributed by atoms with Crippen LogP contribution in [0.25, 0.3) is 0 Å². The van der Waals surface area contributed by atoms with Crippen LogP contribution in [0, 0.1) is 5.82 Å². The molecule has 0 amide bonds. The zero-order chi connectivity index (χ0) is 15.6. The first kappa shape index (κ1) is 16.6. The maximum absolute atomic E-state index is 13.4. The van der Waals surface area contributed by atoms with Gasteiger partial charge in [0, 0.05) is 40.4 Å². The molecule has 21 heavy (non-hydrogen) atoms. The highest BCUT2D eigenvalue weighted by atomic mass is 79.9. The van der Waals surface area contributed by atoms with Crippen molar-refractivity contribution < 1.29 is 12.8 Å². The summed E-state index contributed by atoms with van der Waals surface area (Å²) in [5.41, 5.74) is 5.60. The molecule has 114 valence electrons. The minimum atomic E-state index is -3.67. The van der Waals surface area contributed by atoms with E-state index in [1.165, 1.54) is 34.8 Å². The summed E-state index contributed by atoms with van der Waals surface area (Å²) in [6, 6.07) is 5.54. The van der Waals surface area contributed by atoms with Gasteiger partial charge < -0.3 is 5.73 Å². The monoisotopic (exact) mass is 392 g/mol. The highest BCUT2D eigenvalue weighted by Gasteiger charge is 2.22. The second kappa shape index (κ2) is 6.53. The molecule has 0 saturated carbocycles. The van der Waals surface area contributed by atoms with E-state index in [1.807, 2.05) is 11.4 Å². The second-order valence-electron chi connectivity index (χ2n) is 4.45. The van der Waals surface area contributed by atoms with Gasteiger partial charge in [0.1, 0.15) is 5.82 Å². The molecule has 8 heteroatoms. The van der Waals surface area contributed by atoms with Crippen molar-refractivity contribution in [2.45, 2.75) is 18.0 Å². The van der Waals surface area contributed by atoms with Crippen LogP contribution in [0.3, 0.4) is 0 Å². The van der Waals surface area contributed by atoms with E-state index in [1.54, 1.807) is 0 Å². The molecule has 0 bridgehead atoms. The first-order valence-corrected chi connectivity index (χ1v) is 9.13. The Morgan fingerprint density at radius 2 is 2.10 bits per heavy atom. The number of thiophene rings is 1. The maximum atomic E-state index is 13.4. The molecular weight excluding hydrogens is 379 g/mol. The van der Waals surface area contributed by atoms with Crippen molar-refractivity contribution in [1.82, 2.24) is 4.31 Å². The number of sulfonamides is 1. The van der Waals surface area contributed by atoms with Crippen LogP contribution in [0.5, 0.6) is 0 Å². The summed E-state index contributed by atoms with van der Waals surface area (Å²) >= 11 is 4.80. The maximum Gasteiger partial charge on any atom is 0.243 e. The Morgan fingerprint density at radius 3 is 2.67 bits per heavy atom. The molecule has 0 unspecified atom stereocenters. The summed E-state index contributed by atoms with van der Waals surface area (Å²) in [6.07, 6.45) is 0. The second-order valence-corrected chi connectivity index (χ2v) is 8.41. The fourth-order valence-electron chi connectivity index (χ4n) is 1.79. The Morgan fingerprint density at radius 1 is 1.38 bits per heavy atom. The van der Waals surface area contributed by atoms with Gasteiger partial charge in [-0.2, -0.15) is 4.31 Å². The molecule has 2 N–H and O–H groups in total. The molecule has 1 aromatic carbocycles. The lowest BCUT2D eigenvalue weighted by atomic mass is 10.2. The van der Waals surface area contributed by atoms with Crippen molar-refractivity contribution in [3.05, 3.63) is 50.4 Å². The Bertz CT molecular complexity index is 746. The summed E-state index contributed by atoms with van der Waals surface area (Å²) in [5.74, 6) is -0.499. The molecule has 0 saturated heterocycles. The minimum Gasteiger partial charge on any atom is -0.326 e. The predicted octanol–water partition coefficient (Wildman–Crippen LogP) is 2.93. The van der Waals surface area contributed by atoms with E-state index in [4.69, 9.17) is 5.73 Å². The van der Waals surface area contributed by atoms with Gasteiger partial charge in [0.05, 0.1) is 4.90 Å². The quantitative estimate of drug-likeness (QED) is 0.850. The van der Waals surface area contributed by atoms with Crippen molar-refractivity contribution in [3.8, 4) is 0 Å². The molecule has 2 aromatic rings. The van der Waals surface area contributed by atoms with Gasteiger partial charge in [0.25, 0.3) is 0 Å². The third-order valence-corrected chi connectivity index (χ3v) is 6.43. The van der Waals surface area contributed by atoms with E-state index in [9.17, 15) is 12.8 Å². The summed E-state index contributed by atoms with van der Waals surface area (Å²) in [7, 11) is -2.18. The molecule has 0 fully saturated rings. The molecule has 1 heterocycles. The van der Waals surface area contributed by atoms with Crippen molar-refractivity contribution >= 4 is 37.3 Å². The van der Waals surface area contributed by atoms with Gasteiger partial charge >= 0.3 is 0 Å². The third-order valence-electron chi connectivity index (χ3n) is 2.95. The highest BCUT2D eigenvalue weighted by molar-refractivity contribution is 9.10. The normalized spacial score (nSPS) is 12.0. The van der Waals surface area contributed by atoms with E-state index >= 15 is 0 Å². The van der Waals surface area contributed by atoms with Crippen molar-refractivity contribution in [2.75, 3.05) is 7.05 Å². The van der Waals surface area contributed by atoms with Crippen molar-refractivity contribution in [2.24, 2.45) is 5.73 Å². The first-order chi connectivity index (χ1) is 9.84. The van der Waals surface area contributed by atoms with Crippen LogP contribution in [0.2, 0.25) is 0 Å². The average molecular weight is 393 g/mol. The zero-order valence-corrected chi connectivity index (χ0v) is 14.4. The molecule has 0 aliphatic carbocycles. The summed E-state index contributed by atoms with van der Waals surface area (Å²) in [4.78, 5) is 0.955. The number of nitrogens with two attached hydrogens (primary N) is 1. The number of halogens is 2. The Kier molecular flexibility index (Phi) is 5.15. The summed E-state index contributed by atoms with van der Waals surface area (Å²) in [5, 5.41) is 1.89. The van der Waals surface area contributed by atoms with Gasteiger partial charge in [-0.05, 0) is 40.2 Å². The first-order valence-electron chi connectivity index (χ1n) is 6.02. The average Bonchev–Trinajstić information content (AvgIpc) is 2.84. The van der Waals surface area contributed by atoms with Crippen LogP contribution < -0.4 is 5.73 Å². The lowest BCUT2D eigenvalue weighted by Crippen LogP contribution is -2.26. The van der Waals surface area contributed by atoms with Gasteiger partial charge in [-0.25, -0.2) is 12.8 Å². The summed E-state index contributed by atoms with van der Waals surface area (Å²) in [6.45, 7) is 0.213. The Balaban J connectivity index is 2.28. The van der Waals surface area contributed by atoms with Crippen molar-refractivity contribution in [3.63, 3.8) is 0 Å². The number of nitrogens with zero attached hydrogens (tertiary/aromatic N) is 1. The number of hydrogen-bond donors (Lipinski definition) is 1. The van der Waals surface area contributed by atoms with Gasteiger partial charge in [-0.1, -0.05) is 0 Å². The van der Waals surface area contributed by atoms with E-state index in [-0.39, 0.29) is 23.5 Å². The molecule has 1 aromatic heterocycles. The van der Waals surface area contributed by atoms with Crippen LogP contribution in [-0.2, 0) is 23.1 Å². The minimum absolute atomic E-state index is 0.0440. The van der Waals surface area contributed by atoms with Gasteiger partial charge in [0.2, 0.25) is 10.0 Å². The smallest absolute Gasteiger partial charge is 0.243 e. The van der Waals surface area contributed by atoms with Gasteiger partial charge in [-0.3, -0.25) is 0 Å². The summed E-state index contributed by atoms with van der Waals surface area (Å²) < 4.78 is 40.5. The topological polar surface area (TPSA) is 63.4 Å². The van der Waals surface area contributed by atoms with E-state index in [0.717, 1.165) is 15.4 Å². The van der Waals surface area contributed by atoms with Gasteiger partial charge in [0.15, 0.2) is 0 Å². The van der Waals surface area contributed by atoms with Crippen LogP contribution in [0.1, 0.15) is 10.4 Å². The Labute approximate surface area is 135 Å². The lowest BCUT2D eigenvalue weighted by Gasteiger charge is -2.17. The van der Waals surface area contributed by atoms with Gasteiger partial charge in [-0.15, -0.1) is 11.3 Å². The standard InChI is InChI=1S/C13H14BrFN2O2S2/c1-17(7-11-5-10(14)8-20-11)21(18,19)12-2-3-13(15)9(4-12)6-16/h2-5,8H,6-7,16H2,1H3. The SMILES string of the molecule is CN(Cc1cc(Br)cs1)S(=O)(=O)c1ccc(F)c(CN)c1. The van der Waals surface area contributed by atoms with E-state index in [0.29, 0.717) is 0 Å². The predicted molar refractivity (Wildman–Crippen MR) is 85.0 cm³/mol. The van der Waals surface area contributed by atoms with Crippen molar-refractivity contribution in [1.29, 1.82) is 0 Å². The fourth-order valence-corrected chi connectivity index (χ4v) is 4.57. The van der Waals surface area contributed by atoms with E-state index in [2.05, 4.69) is 15.9 Å². The van der Waals surface area contributed by atoms with Crippen LogP contribution >= 0.6 is 27.3 Å². The molecule has 2 rings (SSSR count). The molecular formula is C13H14BrFN2O2S2. The third kappa shape index (κ3) is 3.70. The number of benzene rings is 1. The number of hydrogen-bond acceptors (Lipinski definition) is 4. The van der Waals surface area contributed by atoms with Crippen LogP contribution in [0.15, 0.2) is 39.0 Å². The molecule has 0 aliphatic rings. The Hall–Kier alpha value is -0.800. The molecule has 4 nitrogen and oxygen atoms in total. The fraction of sp³-hybridized carbons (Fsp3) is 0.231. The van der Waals surface area contributed by atoms with E-state index < -0.39 is 15.8 Å². The highest BCUT2D eigenvalue weighted by Crippen LogP contribution is 2.24. The number of rotatable bonds is 5. The molecule has 0 radical (unpaired) electrons. The molecule has 0 spiro atoms. The largest absolute Gasteiger partial charge is 0.326 e. The molecule has 0 aliphatic heterocycles. The zero-order valence-electron chi connectivity index (χ0n) is 11.2. The van der Waals surface area contributed by atoms with Crippen LogP contribution in [0.4, 0.5) is 4.39 Å². The molecule has 0 atom stereocenters.